The molecule has 0 aliphatic carbocycles. The molecule has 1 atom stereocenters. The van der Waals surface area contributed by atoms with Crippen molar-refractivity contribution >= 4 is 18.3 Å². The van der Waals surface area contributed by atoms with Crippen LogP contribution in [0.15, 0.2) is 18.5 Å². The van der Waals surface area contributed by atoms with Gasteiger partial charge in [0.25, 0.3) is 5.91 Å². The minimum atomic E-state index is -0.0339. The fourth-order valence-corrected chi connectivity index (χ4v) is 3.82. The highest BCUT2D eigenvalue weighted by Crippen LogP contribution is 2.26. The van der Waals surface area contributed by atoms with E-state index in [4.69, 9.17) is 0 Å². The molecule has 1 aliphatic heterocycles. The van der Waals surface area contributed by atoms with Crippen LogP contribution in [0.4, 0.5) is 0 Å². The number of carbonyl (C=O) groups excluding carboxylic acids is 1. The van der Waals surface area contributed by atoms with E-state index in [1.165, 1.54) is 0 Å². The Morgan fingerprint density at radius 2 is 2.08 bits per heavy atom. The number of hydrogen-bond acceptors (Lipinski definition) is 3. The van der Waals surface area contributed by atoms with Crippen LogP contribution in [-0.4, -0.2) is 44.6 Å². The van der Waals surface area contributed by atoms with Crippen LogP contribution in [0.2, 0.25) is 0 Å². The van der Waals surface area contributed by atoms with Gasteiger partial charge in [-0.25, -0.2) is 4.98 Å². The van der Waals surface area contributed by atoms with Crippen LogP contribution in [0.25, 0.3) is 0 Å². The fourth-order valence-electron chi connectivity index (χ4n) is 3.82. The predicted molar refractivity (Wildman–Crippen MR) is 101 cm³/mol. The Morgan fingerprint density at radius 1 is 1.36 bits per heavy atom. The number of aromatic nitrogens is 3. The number of nitrogens with zero attached hydrogens (tertiary/aromatic N) is 4. The summed E-state index contributed by atoms with van der Waals surface area (Å²) in [4.78, 5) is 19.7. The second-order valence-electron chi connectivity index (χ2n) is 6.86. The van der Waals surface area contributed by atoms with Gasteiger partial charge >= 0.3 is 0 Å². The molecule has 1 N–H and O–H groups in total. The Kier molecular flexibility index (Phi) is 5.95. The van der Waals surface area contributed by atoms with Crippen molar-refractivity contribution in [1.82, 2.24) is 24.3 Å². The van der Waals surface area contributed by atoms with Crippen molar-refractivity contribution in [2.24, 2.45) is 7.05 Å². The SMILES string of the molecule is Cc1cc(C(=O)N2CCNCC2c2nccn2C)c(C)n1C(C)C.Cl. The molecule has 138 valence electrons. The third-order valence-corrected chi connectivity index (χ3v) is 4.89. The van der Waals surface area contributed by atoms with Crippen LogP contribution < -0.4 is 5.32 Å². The average Bonchev–Trinajstić information content (AvgIpc) is 3.09. The third-order valence-electron chi connectivity index (χ3n) is 4.89. The summed E-state index contributed by atoms with van der Waals surface area (Å²) >= 11 is 0. The van der Waals surface area contributed by atoms with Crippen molar-refractivity contribution in [3.8, 4) is 0 Å². The summed E-state index contributed by atoms with van der Waals surface area (Å²) in [6.45, 7) is 10.7. The molecule has 1 amide bonds. The molecule has 3 heterocycles. The van der Waals surface area contributed by atoms with Crippen LogP contribution in [-0.2, 0) is 7.05 Å². The third kappa shape index (κ3) is 3.46. The van der Waals surface area contributed by atoms with Gasteiger partial charge in [0, 0.05) is 56.5 Å². The average molecular weight is 366 g/mol. The Labute approximate surface area is 155 Å². The monoisotopic (exact) mass is 365 g/mol. The summed E-state index contributed by atoms with van der Waals surface area (Å²) in [5, 5.41) is 3.38. The van der Waals surface area contributed by atoms with Crippen molar-refractivity contribution in [3.05, 3.63) is 41.2 Å². The van der Waals surface area contributed by atoms with Gasteiger partial charge in [-0.1, -0.05) is 0 Å². The van der Waals surface area contributed by atoms with Gasteiger partial charge in [0.1, 0.15) is 11.9 Å². The Bertz CT molecular complexity index is 749. The number of halogens is 1. The van der Waals surface area contributed by atoms with E-state index in [9.17, 15) is 4.79 Å². The molecule has 0 bridgehead atoms. The second kappa shape index (κ2) is 7.62. The molecule has 0 aromatic carbocycles. The smallest absolute Gasteiger partial charge is 0.256 e. The minimum Gasteiger partial charge on any atom is -0.346 e. The first-order valence-corrected chi connectivity index (χ1v) is 8.59. The van der Waals surface area contributed by atoms with E-state index in [-0.39, 0.29) is 24.4 Å². The molecule has 1 fully saturated rings. The summed E-state index contributed by atoms with van der Waals surface area (Å²) < 4.78 is 4.22. The lowest BCUT2D eigenvalue weighted by molar-refractivity contribution is 0.0620. The lowest BCUT2D eigenvalue weighted by Crippen LogP contribution is -2.49. The van der Waals surface area contributed by atoms with E-state index in [1.54, 1.807) is 6.20 Å². The summed E-state index contributed by atoms with van der Waals surface area (Å²) in [6.07, 6.45) is 3.72. The molecular weight excluding hydrogens is 338 g/mol. The normalized spacial score (nSPS) is 17.7. The first-order valence-electron chi connectivity index (χ1n) is 8.59. The zero-order chi connectivity index (χ0) is 17.4. The number of piperazine rings is 1. The van der Waals surface area contributed by atoms with Crippen LogP contribution >= 0.6 is 12.4 Å². The van der Waals surface area contributed by atoms with Crippen molar-refractivity contribution in [2.45, 2.75) is 39.8 Å². The van der Waals surface area contributed by atoms with Gasteiger partial charge < -0.3 is 19.4 Å². The van der Waals surface area contributed by atoms with Crippen molar-refractivity contribution in [2.75, 3.05) is 19.6 Å². The Hall–Kier alpha value is -1.79. The Balaban J connectivity index is 0.00000225. The van der Waals surface area contributed by atoms with Gasteiger partial charge in [0.05, 0.1) is 5.56 Å². The van der Waals surface area contributed by atoms with Crippen LogP contribution in [0.1, 0.15) is 53.5 Å². The number of rotatable bonds is 3. The number of hydrogen-bond donors (Lipinski definition) is 1. The highest BCUT2D eigenvalue weighted by atomic mass is 35.5. The van der Waals surface area contributed by atoms with E-state index in [0.717, 1.165) is 35.9 Å². The van der Waals surface area contributed by atoms with Gasteiger partial charge in [-0.2, -0.15) is 0 Å². The van der Waals surface area contributed by atoms with E-state index in [2.05, 4.69) is 35.6 Å². The standard InChI is InChI=1S/C18H27N5O.ClH/c1-12(2)23-13(3)10-15(14(23)4)18(24)22-9-6-19-11-16(22)17-20-7-8-21(17)5;/h7-8,10,12,16,19H,6,9,11H2,1-5H3;1H. The van der Waals surface area contributed by atoms with Gasteiger partial charge in [0.2, 0.25) is 0 Å². The van der Waals surface area contributed by atoms with Gasteiger partial charge in [-0.3, -0.25) is 4.79 Å². The molecule has 1 aliphatic rings. The highest BCUT2D eigenvalue weighted by Gasteiger charge is 2.32. The molecule has 1 saturated heterocycles. The molecular formula is C18H28ClN5O. The molecule has 0 saturated carbocycles. The van der Waals surface area contributed by atoms with Crippen molar-refractivity contribution in [1.29, 1.82) is 0 Å². The maximum atomic E-state index is 13.3. The summed E-state index contributed by atoms with van der Waals surface area (Å²) in [5.41, 5.74) is 2.99. The van der Waals surface area contributed by atoms with E-state index in [0.29, 0.717) is 12.6 Å². The van der Waals surface area contributed by atoms with Crippen LogP contribution in [0, 0.1) is 13.8 Å². The largest absolute Gasteiger partial charge is 0.346 e. The molecule has 2 aromatic rings. The van der Waals surface area contributed by atoms with E-state index < -0.39 is 0 Å². The van der Waals surface area contributed by atoms with Crippen LogP contribution in [0.5, 0.6) is 0 Å². The lowest BCUT2D eigenvalue weighted by atomic mass is 10.1. The van der Waals surface area contributed by atoms with Crippen LogP contribution in [0.3, 0.4) is 0 Å². The van der Waals surface area contributed by atoms with E-state index in [1.807, 2.05) is 35.7 Å². The molecule has 3 rings (SSSR count). The molecule has 0 radical (unpaired) electrons. The lowest BCUT2D eigenvalue weighted by Gasteiger charge is -2.35. The predicted octanol–water partition coefficient (Wildman–Crippen LogP) is 2.63. The second-order valence-corrected chi connectivity index (χ2v) is 6.86. The van der Waals surface area contributed by atoms with Gasteiger partial charge in [0.15, 0.2) is 0 Å². The van der Waals surface area contributed by atoms with Gasteiger partial charge in [-0.05, 0) is 33.8 Å². The summed E-state index contributed by atoms with van der Waals surface area (Å²) in [5.74, 6) is 1.03. The number of nitrogens with one attached hydrogen (secondary N) is 1. The number of amides is 1. The Morgan fingerprint density at radius 3 is 2.64 bits per heavy atom. The number of aryl methyl sites for hydroxylation is 2. The summed E-state index contributed by atoms with van der Waals surface area (Å²) in [6, 6.07) is 2.34. The number of carbonyl (C=O) groups is 1. The zero-order valence-electron chi connectivity index (χ0n) is 15.6. The first kappa shape index (κ1) is 19.5. The highest BCUT2D eigenvalue weighted by molar-refractivity contribution is 5.96. The van der Waals surface area contributed by atoms with Crippen molar-refractivity contribution in [3.63, 3.8) is 0 Å². The van der Waals surface area contributed by atoms with Crippen molar-refractivity contribution < 1.29 is 4.79 Å². The molecule has 2 aromatic heterocycles. The number of imidazole rings is 1. The summed E-state index contributed by atoms with van der Waals surface area (Å²) in [7, 11) is 1.98. The molecule has 1 unspecified atom stereocenters. The minimum absolute atomic E-state index is 0. The molecule has 0 spiro atoms. The maximum Gasteiger partial charge on any atom is 0.256 e. The van der Waals surface area contributed by atoms with Gasteiger partial charge in [-0.15, -0.1) is 12.4 Å². The maximum absolute atomic E-state index is 13.3. The molecule has 25 heavy (non-hydrogen) atoms. The molecule has 7 heteroatoms. The fraction of sp³-hybridized carbons (Fsp3) is 0.556. The molecule has 6 nitrogen and oxygen atoms in total. The first-order chi connectivity index (χ1) is 11.4. The zero-order valence-corrected chi connectivity index (χ0v) is 16.4. The topological polar surface area (TPSA) is 55.1 Å². The quantitative estimate of drug-likeness (QED) is 0.909. The van der Waals surface area contributed by atoms with E-state index >= 15 is 0 Å².